The number of methoxy groups -OCH3 is 1. The molecule has 14 heavy (non-hydrogen) atoms. The maximum Gasteiger partial charge on any atom is 0.336 e. The van der Waals surface area contributed by atoms with Gasteiger partial charge in [-0.05, 0) is 18.8 Å². The second kappa shape index (κ2) is 4.28. The summed E-state index contributed by atoms with van der Waals surface area (Å²) in [6, 6.07) is 0. The minimum Gasteiger partial charge on any atom is -0.467 e. The van der Waals surface area contributed by atoms with E-state index in [-0.39, 0.29) is 12.1 Å². The molecule has 2 aliphatic rings. The summed E-state index contributed by atoms with van der Waals surface area (Å²) >= 11 is 0. The van der Waals surface area contributed by atoms with Gasteiger partial charge < -0.3 is 9.47 Å². The van der Waals surface area contributed by atoms with Gasteiger partial charge in [-0.15, -0.1) is 0 Å². The van der Waals surface area contributed by atoms with Crippen LogP contribution in [0.1, 0.15) is 12.8 Å². The Morgan fingerprint density at radius 2 is 2.36 bits per heavy atom. The third kappa shape index (κ3) is 2.45. The van der Waals surface area contributed by atoms with Gasteiger partial charge in [-0.3, -0.25) is 4.90 Å². The Labute approximate surface area is 84.2 Å². The van der Waals surface area contributed by atoms with Gasteiger partial charge in [0.15, 0.2) is 6.10 Å². The van der Waals surface area contributed by atoms with Crippen molar-refractivity contribution in [3.63, 3.8) is 0 Å². The zero-order valence-electron chi connectivity index (χ0n) is 8.57. The average Bonchev–Trinajstić information content (AvgIpc) is 3.01. The van der Waals surface area contributed by atoms with Crippen LogP contribution in [0.3, 0.4) is 0 Å². The van der Waals surface area contributed by atoms with Crippen molar-refractivity contribution < 1.29 is 14.3 Å². The highest BCUT2D eigenvalue weighted by Gasteiger charge is 2.31. The van der Waals surface area contributed by atoms with Crippen molar-refractivity contribution >= 4 is 5.97 Å². The first kappa shape index (κ1) is 9.93. The molecule has 2 rings (SSSR count). The molecule has 0 amide bonds. The van der Waals surface area contributed by atoms with Gasteiger partial charge in [0, 0.05) is 19.6 Å². The molecule has 1 atom stereocenters. The van der Waals surface area contributed by atoms with Crippen molar-refractivity contribution in [2.24, 2.45) is 5.92 Å². The monoisotopic (exact) mass is 199 g/mol. The maximum atomic E-state index is 11.2. The number of carbonyl (C=O) groups excluding carboxylic acids is 1. The number of hydrogen-bond acceptors (Lipinski definition) is 4. The van der Waals surface area contributed by atoms with Gasteiger partial charge in [0.2, 0.25) is 0 Å². The molecular weight excluding hydrogens is 182 g/mol. The summed E-state index contributed by atoms with van der Waals surface area (Å²) in [6.07, 6.45) is 2.33. The molecule has 0 aromatic heterocycles. The summed E-state index contributed by atoms with van der Waals surface area (Å²) in [5.41, 5.74) is 0. The largest absolute Gasteiger partial charge is 0.467 e. The summed E-state index contributed by atoms with van der Waals surface area (Å²) in [5.74, 6) is 0.622. The lowest BCUT2D eigenvalue weighted by molar-refractivity contribution is -0.159. The van der Waals surface area contributed by atoms with Crippen molar-refractivity contribution in [2.75, 3.05) is 33.4 Å². The van der Waals surface area contributed by atoms with E-state index in [0.29, 0.717) is 13.2 Å². The van der Waals surface area contributed by atoms with Crippen LogP contribution in [0, 0.1) is 5.92 Å². The van der Waals surface area contributed by atoms with E-state index < -0.39 is 0 Å². The van der Waals surface area contributed by atoms with E-state index in [1.165, 1.54) is 20.0 Å². The molecule has 1 aliphatic heterocycles. The van der Waals surface area contributed by atoms with E-state index in [2.05, 4.69) is 9.64 Å². The molecule has 1 aliphatic carbocycles. The highest BCUT2D eigenvalue weighted by Crippen LogP contribution is 2.30. The molecule has 0 spiro atoms. The molecule has 1 unspecified atom stereocenters. The first-order valence-electron chi connectivity index (χ1n) is 5.21. The molecule has 0 aromatic carbocycles. The Morgan fingerprint density at radius 3 is 3.00 bits per heavy atom. The molecule has 1 saturated carbocycles. The van der Waals surface area contributed by atoms with Gasteiger partial charge >= 0.3 is 5.97 Å². The van der Waals surface area contributed by atoms with Gasteiger partial charge in [-0.1, -0.05) is 0 Å². The summed E-state index contributed by atoms with van der Waals surface area (Å²) in [5, 5.41) is 0. The summed E-state index contributed by atoms with van der Waals surface area (Å²) in [7, 11) is 1.41. The van der Waals surface area contributed by atoms with Crippen molar-refractivity contribution in [1.29, 1.82) is 0 Å². The van der Waals surface area contributed by atoms with Crippen molar-refractivity contribution in [3.05, 3.63) is 0 Å². The van der Waals surface area contributed by atoms with Gasteiger partial charge in [0.05, 0.1) is 13.7 Å². The number of morpholine rings is 1. The molecule has 0 radical (unpaired) electrons. The zero-order valence-corrected chi connectivity index (χ0v) is 8.57. The summed E-state index contributed by atoms with van der Waals surface area (Å²) in [4.78, 5) is 13.5. The summed E-state index contributed by atoms with van der Waals surface area (Å²) in [6.45, 7) is 3.41. The Hall–Kier alpha value is -0.610. The smallest absolute Gasteiger partial charge is 0.336 e. The summed E-state index contributed by atoms with van der Waals surface area (Å²) < 4.78 is 10.0. The average molecular weight is 199 g/mol. The lowest BCUT2D eigenvalue weighted by Crippen LogP contribution is -2.47. The molecule has 80 valence electrons. The molecule has 0 N–H and O–H groups in total. The third-order valence-electron chi connectivity index (χ3n) is 2.83. The van der Waals surface area contributed by atoms with Gasteiger partial charge in [0.1, 0.15) is 0 Å². The van der Waals surface area contributed by atoms with E-state index in [0.717, 1.165) is 19.0 Å². The first-order valence-corrected chi connectivity index (χ1v) is 5.21. The second-order valence-corrected chi connectivity index (χ2v) is 4.09. The molecule has 4 heteroatoms. The van der Waals surface area contributed by atoms with Crippen LogP contribution >= 0.6 is 0 Å². The fraction of sp³-hybridized carbons (Fsp3) is 0.900. The lowest BCUT2D eigenvalue weighted by atomic mass is 10.2. The first-order chi connectivity index (χ1) is 6.79. The van der Waals surface area contributed by atoms with Crippen molar-refractivity contribution in [3.8, 4) is 0 Å². The van der Waals surface area contributed by atoms with Gasteiger partial charge in [-0.25, -0.2) is 4.79 Å². The Bertz CT molecular complexity index is 215. The number of esters is 1. The Morgan fingerprint density at radius 1 is 1.57 bits per heavy atom. The van der Waals surface area contributed by atoms with E-state index in [1.807, 2.05) is 0 Å². The van der Waals surface area contributed by atoms with Crippen molar-refractivity contribution in [1.82, 2.24) is 4.90 Å². The van der Waals surface area contributed by atoms with Crippen LogP contribution in [-0.4, -0.2) is 50.3 Å². The van der Waals surface area contributed by atoms with E-state index in [4.69, 9.17) is 4.74 Å². The highest BCUT2D eigenvalue weighted by atomic mass is 16.6. The minimum atomic E-state index is -0.368. The minimum absolute atomic E-state index is 0.245. The van der Waals surface area contributed by atoms with Crippen LogP contribution in [0.4, 0.5) is 0 Å². The quantitative estimate of drug-likeness (QED) is 0.612. The van der Waals surface area contributed by atoms with Gasteiger partial charge in [0.25, 0.3) is 0 Å². The van der Waals surface area contributed by atoms with Gasteiger partial charge in [-0.2, -0.15) is 0 Å². The van der Waals surface area contributed by atoms with E-state index in [1.54, 1.807) is 0 Å². The molecular formula is C10H17NO3. The van der Waals surface area contributed by atoms with Crippen LogP contribution < -0.4 is 0 Å². The second-order valence-electron chi connectivity index (χ2n) is 4.09. The topological polar surface area (TPSA) is 38.8 Å². The van der Waals surface area contributed by atoms with Crippen molar-refractivity contribution in [2.45, 2.75) is 18.9 Å². The molecule has 4 nitrogen and oxygen atoms in total. The normalized spacial score (nSPS) is 28.8. The van der Waals surface area contributed by atoms with Crippen LogP contribution in [0.5, 0.6) is 0 Å². The zero-order chi connectivity index (χ0) is 9.97. The number of ether oxygens (including phenoxy) is 2. The lowest BCUT2D eigenvalue weighted by Gasteiger charge is -2.31. The number of carbonyl (C=O) groups is 1. The highest BCUT2D eigenvalue weighted by molar-refractivity contribution is 5.74. The number of nitrogens with zero attached hydrogens (tertiary/aromatic N) is 1. The van der Waals surface area contributed by atoms with Crippen LogP contribution in [0.2, 0.25) is 0 Å². The predicted molar refractivity (Wildman–Crippen MR) is 50.9 cm³/mol. The van der Waals surface area contributed by atoms with Crippen LogP contribution in [0.15, 0.2) is 0 Å². The number of hydrogen-bond donors (Lipinski definition) is 0. The fourth-order valence-corrected chi connectivity index (χ4v) is 1.81. The van der Waals surface area contributed by atoms with E-state index >= 15 is 0 Å². The van der Waals surface area contributed by atoms with Crippen LogP contribution in [-0.2, 0) is 14.3 Å². The predicted octanol–water partition coefficient (Wildman–Crippen LogP) is 0.270. The third-order valence-corrected chi connectivity index (χ3v) is 2.83. The SMILES string of the molecule is COC(=O)C1CN(CC2CC2)CCO1. The molecule has 1 saturated heterocycles. The maximum absolute atomic E-state index is 11.2. The Balaban J connectivity index is 1.79. The molecule has 0 aromatic rings. The number of rotatable bonds is 3. The molecule has 0 bridgehead atoms. The standard InChI is InChI=1S/C10H17NO3/c1-13-10(12)9-7-11(4-5-14-9)6-8-2-3-8/h8-9H,2-7H2,1H3. The Kier molecular flexibility index (Phi) is 3.03. The fourth-order valence-electron chi connectivity index (χ4n) is 1.81. The van der Waals surface area contributed by atoms with E-state index in [9.17, 15) is 4.79 Å². The van der Waals surface area contributed by atoms with Crippen LogP contribution in [0.25, 0.3) is 0 Å². The molecule has 2 fully saturated rings. The molecule has 1 heterocycles.